The van der Waals surface area contributed by atoms with Gasteiger partial charge in [0, 0.05) is 11.4 Å². The number of anilines is 2. The van der Waals surface area contributed by atoms with Crippen LogP contribution in [0.1, 0.15) is 32.3 Å². The summed E-state index contributed by atoms with van der Waals surface area (Å²) in [7, 11) is 0. The van der Waals surface area contributed by atoms with Crippen molar-refractivity contribution in [2.45, 2.75) is 39.7 Å². The Morgan fingerprint density at radius 1 is 1.50 bits per heavy atom. The van der Waals surface area contributed by atoms with Crippen LogP contribution in [0.3, 0.4) is 0 Å². The molecule has 0 fully saturated rings. The van der Waals surface area contributed by atoms with E-state index in [-0.39, 0.29) is 18.6 Å². The van der Waals surface area contributed by atoms with Crippen molar-refractivity contribution in [3.05, 3.63) is 23.8 Å². The van der Waals surface area contributed by atoms with Crippen molar-refractivity contribution in [1.82, 2.24) is 0 Å². The first-order valence-electron chi connectivity index (χ1n) is 6.30. The van der Waals surface area contributed by atoms with E-state index in [1.54, 1.807) is 6.07 Å². The number of ether oxygens (including phenoxy) is 1. The van der Waals surface area contributed by atoms with Crippen LogP contribution >= 0.6 is 0 Å². The Morgan fingerprint density at radius 3 is 2.89 bits per heavy atom. The second kappa shape index (κ2) is 7.01. The molecule has 0 heterocycles. The third kappa shape index (κ3) is 4.75. The number of nitrogens with two attached hydrogens (primary N) is 1. The standard InChI is InChI=1S/C14H22N2O2/c1-4-5-11(3)18-9-14(17)16-13-8-12(15)7-6-10(13)2/h6-8,11H,4-5,9,15H2,1-3H3,(H,16,17). The molecule has 1 aromatic rings. The van der Waals surface area contributed by atoms with Crippen molar-refractivity contribution in [3.8, 4) is 0 Å². The molecular weight excluding hydrogens is 228 g/mol. The monoisotopic (exact) mass is 250 g/mol. The summed E-state index contributed by atoms with van der Waals surface area (Å²) in [6.07, 6.45) is 2.13. The second-order valence-electron chi connectivity index (χ2n) is 4.53. The first-order chi connectivity index (χ1) is 8.52. The van der Waals surface area contributed by atoms with Gasteiger partial charge in [-0.1, -0.05) is 19.4 Å². The zero-order chi connectivity index (χ0) is 13.5. The number of hydrogen-bond acceptors (Lipinski definition) is 3. The molecule has 0 saturated heterocycles. The third-order valence-electron chi connectivity index (χ3n) is 2.73. The molecule has 0 aromatic heterocycles. The second-order valence-corrected chi connectivity index (χ2v) is 4.53. The first kappa shape index (κ1) is 14.5. The molecule has 1 aromatic carbocycles. The largest absolute Gasteiger partial charge is 0.399 e. The van der Waals surface area contributed by atoms with Gasteiger partial charge in [0.25, 0.3) is 0 Å². The number of rotatable bonds is 6. The summed E-state index contributed by atoms with van der Waals surface area (Å²) in [5.41, 5.74) is 8.05. The molecule has 4 heteroatoms. The fourth-order valence-corrected chi connectivity index (χ4v) is 1.67. The maximum absolute atomic E-state index is 11.7. The van der Waals surface area contributed by atoms with E-state index in [4.69, 9.17) is 10.5 Å². The van der Waals surface area contributed by atoms with Crippen LogP contribution in [0.5, 0.6) is 0 Å². The fourth-order valence-electron chi connectivity index (χ4n) is 1.67. The number of aryl methyl sites for hydroxylation is 1. The zero-order valence-electron chi connectivity index (χ0n) is 11.3. The van der Waals surface area contributed by atoms with Gasteiger partial charge in [0.15, 0.2) is 0 Å². The fraction of sp³-hybridized carbons (Fsp3) is 0.500. The molecule has 1 rings (SSSR count). The third-order valence-corrected chi connectivity index (χ3v) is 2.73. The van der Waals surface area contributed by atoms with Gasteiger partial charge in [0.05, 0.1) is 6.10 Å². The number of benzene rings is 1. The number of nitrogen functional groups attached to an aromatic ring is 1. The Kier molecular flexibility index (Phi) is 5.65. The van der Waals surface area contributed by atoms with Crippen LogP contribution in [0.4, 0.5) is 11.4 Å². The average molecular weight is 250 g/mol. The molecule has 3 N–H and O–H groups in total. The maximum Gasteiger partial charge on any atom is 0.250 e. The summed E-state index contributed by atoms with van der Waals surface area (Å²) >= 11 is 0. The SMILES string of the molecule is CCCC(C)OCC(=O)Nc1cc(N)ccc1C. The molecule has 1 amide bonds. The van der Waals surface area contributed by atoms with Crippen LogP contribution in [-0.2, 0) is 9.53 Å². The maximum atomic E-state index is 11.7. The molecule has 4 nitrogen and oxygen atoms in total. The molecule has 0 aliphatic rings. The Hall–Kier alpha value is -1.55. The van der Waals surface area contributed by atoms with E-state index in [0.717, 1.165) is 24.1 Å². The van der Waals surface area contributed by atoms with Crippen LogP contribution in [0.15, 0.2) is 18.2 Å². The first-order valence-corrected chi connectivity index (χ1v) is 6.30. The van der Waals surface area contributed by atoms with E-state index in [2.05, 4.69) is 12.2 Å². The van der Waals surface area contributed by atoms with Crippen molar-refractivity contribution < 1.29 is 9.53 Å². The quantitative estimate of drug-likeness (QED) is 0.763. The molecular formula is C14H22N2O2. The number of nitrogens with one attached hydrogen (secondary N) is 1. The van der Waals surface area contributed by atoms with Gasteiger partial charge < -0.3 is 15.8 Å². The molecule has 100 valence electrons. The minimum atomic E-state index is -0.147. The summed E-state index contributed by atoms with van der Waals surface area (Å²) in [4.78, 5) is 11.7. The Bertz CT molecular complexity index is 405. The van der Waals surface area contributed by atoms with Crippen LogP contribution in [-0.4, -0.2) is 18.6 Å². The van der Waals surface area contributed by atoms with Gasteiger partial charge in [0.1, 0.15) is 6.61 Å². The summed E-state index contributed by atoms with van der Waals surface area (Å²) in [6, 6.07) is 5.44. The molecule has 1 unspecified atom stereocenters. The number of amides is 1. The van der Waals surface area contributed by atoms with Gasteiger partial charge in [-0.15, -0.1) is 0 Å². The molecule has 1 atom stereocenters. The van der Waals surface area contributed by atoms with E-state index in [1.165, 1.54) is 0 Å². The van der Waals surface area contributed by atoms with Crippen molar-refractivity contribution >= 4 is 17.3 Å². The molecule has 0 saturated carbocycles. The predicted molar refractivity (Wildman–Crippen MR) is 74.5 cm³/mol. The number of carbonyl (C=O) groups is 1. The Labute approximate surface area is 109 Å². The van der Waals surface area contributed by atoms with Crippen molar-refractivity contribution in [2.75, 3.05) is 17.7 Å². The summed E-state index contributed by atoms with van der Waals surface area (Å²) in [5, 5.41) is 2.80. The molecule has 0 aliphatic carbocycles. The lowest BCUT2D eigenvalue weighted by molar-refractivity contribution is -0.122. The topological polar surface area (TPSA) is 64.3 Å². The minimum absolute atomic E-state index is 0.0788. The zero-order valence-corrected chi connectivity index (χ0v) is 11.3. The van der Waals surface area contributed by atoms with E-state index in [1.807, 2.05) is 26.0 Å². The number of carbonyl (C=O) groups excluding carboxylic acids is 1. The van der Waals surface area contributed by atoms with E-state index in [0.29, 0.717) is 5.69 Å². The van der Waals surface area contributed by atoms with Crippen LogP contribution in [0.25, 0.3) is 0 Å². The van der Waals surface area contributed by atoms with Crippen LogP contribution in [0, 0.1) is 6.92 Å². The molecule has 0 radical (unpaired) electrons. The Balaban J connectivity index is 2.47. The molecule has 0 bridgehead atoms. The highest BCUT2D eigenvalue weighted by Gasteiger charge is 2.08. The van der Waals surface area contributed by atoms with Gasteiger partial charge in [0.2, 0.25) is 5.91 Å². The highest BCUT2D eigenvalue weighted by molar-refractivity contribution is 5.92. The van der Waals surface area contributed by atoms with E-state index in [9.17, 15) is 4.79 Å². The number of hydrogen-bond donors (Lipinski definition) is 2. The van der Waals surface area contributed by atoms with Crippen molar-refractivity contribution in [2.24, 2.45) is 0 Å². The molecule has 0 aliphatic heterocycles. The summed E-state index contributed by atoms with van der Waals surface area (Å²) in [5.74, 6) is -0.147. The lowest BCUT2D eigenvalue weighted by Crippen LogP contribution is -2.22. The van der Waals surface area contributed by atoms with Crippen molar-refractivity contribution in [3.63, 3.8) is 0 Å². The van der Waals surface area contributed by atoms with E-state index < -0.39 is 0 Å². The predicted octanol–water partition coefficient (Wildman–Crippen LogP) is 2.72. The van der Waals surface area contributed by atoms with Gasteiger partial charge >= 0.3 is 0 Å². The Morgan fingerprint density at radius 2 is 2.22 bits per heavy atom. The average Bonchev–Trinajstić information content (AvgIpc) is 2.32. The van der Waals surface area contributed by atoms with Crippen molar-refractivity contribution in [1.29, 1.82) is 0 Å². The van der Waals surface area contributed by atoms with Gasteiger partial charge in [-0.05, 0) is 38.0 Å². The lowest BCUT2D eigenvalue weighted by atomic mass is 10.2. The van der Waals surface area contributed by atoms with E-state index >= 15 is 0 Å². The normalized spacial score (nSPS) is 12.2. The highest BCUT2D eigenvalue weighted by atomic mass is 16.5. The van der Waals surface area contributed by atoms with Gasteiger partial charge in [-0.3, -0.25) is 4.79 Å². The van der Waals surface area contributed by atoms with Gasteiger partial charge in [-0.25, -0.2) is 0 Å². The van der Waals surface area contributed by atoms with Crippen LogP contribution in [0.2, 0.25) is 0 Å². The summed E-state index contributed by atoms with van der Waals surface area (Å²) < 4.78 is 5.44. The van der Waals surface area contributed by atoms with Gasteiger partial charge in [-0.2, -0.15) is 0 Å². The highest BCUT2D eigenvalue weighted by Crippen LogP contribution is 2.17. The molecule has 0 spiro atoms. The lowest BCUT2D eigenvalue weighted by Gasteiger charge is -2.13. The minimum Gasteiger partial charge on any atom is -0.399 e. The molecule has 18 heavy (non-hydrogen) atoms. The van der Waals surface area contributed by atoms with Crippen LogP contribution < -0.4 is 11.1 Å². The summed E-state index contributed by atoms with van der Waals surface area (Å²) in [6.45, 7) is 6.07. The smallest absolute Gasteiger partial charge is 0.250 e.